The van der Waals surface area contributed by atoms with E-state index in [4.69, 9.17) is 4.52 Å². The minimum atomic E-state index is -0.0963. The quantitative estimate of drug-likeness (QED) is 0.596. The highest BCUT2D eigenvalue weighted by Crippen LogP contribution is 2.08. The third-order valence-corrected chi connectivity index (χ3v) is 4.94. The van der Waals surface area contributed by atoms with E-state index in [1.54, 1.807) is 16.8 Å². The number of rotatable bonds is 6. The molecule has 0 N–H and O–H groups in total. The van der Waals surface area contributed by atoms with E-state index in [9.17, 15) is 4.79 Å². The van der Waals surface area contributed by atoms with Gasteiger partial charge < -0.3 is 4.52 Å². The highest BCUT2D eigenvalue weighted by molar-refractivity contribution is 5.23. The molecule has 4 heterocycles. The second kappa shape index (κ2) is 8.03. The Balaban J connectivity index is 1.34. The van der Waals surface area contributed by atoms with Gasteiger partial charge in [0.2, 0.25) is 6.39 Å². The molecule has 10 heteroatoms. The van der Waals surface area contributed by atoms with Crippen molar-refractivity contribution in [3.63, 3.8) is 0 Å². The SMILES string of the molecule is Cc1cc(C)n(-c2ccc(=O)n(CCN3CCN(Cc4ncon4)CC3)n2)n1. The number of hydrogen-bond donors (Lipinski definition) is 0. The van der Waals surface area contributed by atoms with Gasteiger partial charge in [-0.25, -0.2) is 9.36 Å². The highest BCUT2D eigenvalue weighted by atomic mass is 16.5. The Morgan fingerprint density at radius 2 is 1.82 bits per heavy atom. The summed E-state index contributed by atoms with van der Waals surface area (Å²) in [5, 5.41) is 12.8. The van der Waals surface area contributed by atoms with Crippen molar-refractivity contribution >= 4 is 0 Å². The first kappa shape index (κ1) is 18.5. The summed E-state index contributed by atoms with van der Waals surface area (Å²) < 4.78 is 8.07. The molecular formula is C18H24N8O2. The summed E-state index contributed by atoms with van der Waals surface area (Å²) in [5.41, 5.74) is 1.82. The Kier molecular flexibility index (Phi) is 5.31. The van der Waals surface area contributed by atoms with E-state index in [2.05, 4.69) is 30.1 Å². The fraction of sp³-hybridized carbons (Fsp3) is 0.500. The third-order valence-electron chi connectivity index (χ3n) is 4.94. The first-order valence-corrected chi connectivity index (χ1v) is 9.40. The first-order valence-electron chi connectivity index (χ1n) is 9.40. The average Bonchev–Trinajstić information content (AvgIpc) is 3.31. The third kappa shape index (κ3) is 4.18. The van der Waals surface area contributed by atoms with Crippen LogP contribution in [0.2, 0.25) is 0 Å². The zero-order valence-corrected chi connectivity index (χ0v) is 16.2. The van der Waals surface area contributed by atoms with E-state index in [0.29, 0.717) is 24.7 Å². The van der Waals surface area contributed by atoms with Crippen LogP contribution in [0.1, 0.15) is 17.2 Å². The summed E-state index contributed by atoms with van der Waals surface area (Å²) in [6.45, 7) is 9.69. The van der Waals surface area contributed by atoms with E-state index in [0.717, 1.165) is 44.1 Å². The molecule has 28 heavy (non-hydrogen) atoms. The van der Waals surface area contributed by atoms with Crippen LogP contribution in [0.4, 0.5) is 0 Å². The molecule has 3 aromatic heterocycles. The van der Waals surface area contributed by atoms with Crippen molar-refractivity contribution in [3.05, 3.63) is 52.2 Å². The van der Waals surface area contributed by atoms with Gasteiger partial charge in [0.15, 0.2) is 11.6 Å². The van der Waals surface area contributed by atoms with Crippen LogP contribution >= 0.6 is 0 Å². The van der Waals surface area contributed by atoms with Crippen molar-refractivity contribution in [2.45, 2.75) is 26.9 Å². The molecule has 3 aromatic rings. The minimum absolute atomic E-state index is 0.0963. The summed E-state index contributed by atoms with van der Waals surface area (Å²) >= 11 is 0. The van der Waals surface area contributed by atoms with Gasteiger partial charge in [-0.2, -0.15) is 10.1 Å². The Labute approximate surface area is 162 Å². The van der Waals surface area contributed by atoms with Gasteiger partial charge in [0.05, 0.1) is 18.8 Å². The predicted molar refractivity (Wildman–Crippen MR) is 101 cm³/mol. The van der Waals surface area contributed by atoms with Gasteiger partial charge in [0.25, 0.3) is 5.56 Å². The van der Waals surface area contributed by atoms with E-state index in [1.165, 1.54) is 11.1 Å². The molecule has 0 saturated carbocycles. The smallest absolute Gasteiger partial charge is 0.266 e. The van der Waals surface area contributed by atoms with Crippen molar-refractivity contribution in [3.8, 4) is 5.82 Å². The van der Waals surface area contributed by atoms with Gasteiger partial charge in [0.1, 0.15) is 0 Å². The number of piperazine rings is 1. The minimum Gasteiger partial charge on any atom is -0.343 e. The molecule has 1 saturated heterocycles. The Hall–Kier alpha value is -2.85. The largest absolute Gasteiger partial charge is 0.343 e. The maximum absolute atomic E-state index is 12.2. The molecule has 0 amide bonds. The van der Waals surface area contributed by atoms with Crippen molar-refractivity contribution in [2.24, 2.45) is 0 Å². The van der Waals surface area contributed by atoms with Crippen LogP contribution in [-0.4, -0.2) is 72.2 Å². The second-order valence-corrected chi connectivity index (χ2v) is 7.06. The van der Waals surface area contributed by atoms with Crippen LogP contribution in [0.3, 0.4) is 0 Å². The lowest BCUT2D eigenvalue weighted by atomic mass is 10.3. The Bertz CT molecular complexity index is 970. The van der Waals surface area contributed by atoms with Gasteiger partial charge in [0, 0.05) is 44.5 Å². The summed E-state index contributed by atoms with van der Waals surface area (Å²) in [6, 6.07) is 5.27. The molecule has 0 bridgehead atoms. The molecule has 1 aliphatic heterocycles. The first-order chi connectivity index (χ1) is 13.6. The summed E-state index contributed by atoms with van der Waals surface area (Å²) in [6.07, 6.45) is 1.36. The van der Waals surface area contributed by atoms with Gasteiger partial charge in [-0.3, -0.25) is 14.6 Å². The lowest BCUT2D eigenvalue weighted by molar-refractivity contribution is 0.120. The second-order valence-electron chi connectivity index (χ2n) is 7.06. The zero-order chi connectivity index (χ0) is 19.5. The summed E-state index contributed by atoms with van der Waals surface area (Å²) in [4.78, 5) is 20.9. The van der Waals surface area contributed by atoms with Crippen molar-refractivity contribution in [1.82, 2.24) is 39.5 Å². The molecule has 4 rings (SSSR count). The molecule has 0 unspecified atom stereocenters. The average molecular weight is 384 g/mol. The monoisotopic (exact) mass is 384 g/mol. The molecular weight excluding hydrogens is 360 g/mol. The summed E-state index contributed by atoms with van der Waals surface area (Å²) in [5.74, 6) is 1.38. The maximum Gasteiger partial charge on any atom is 0.266 e. The molecule has 0 aromatic carbocycles. The van der Waals surface area contributed by atoms with Crippen molar-refractivity contribution < 1.29 is 4.52 Å². The molecule has 0 aliphatic carbocycles. The zero-order valence-electron chi connectivity index (χ0n) is 16.2. The van der Waals surface area contributed by atoms with Crippen LogP contribution in [-0.2, 0) is 13.1 Å². The molecule has 0 radical (unpaired) electrons. The van der Waals surface area contributed by atoms with Crippen LogP contribution < -0.4 is 5.56 Å². The van der Waals surface area contributed by atoms with Crippen molar-refractivity contribution in [2.75, 3.05) is 32.7 Å². The van der Waals surface area contributed by atoms with Crippen LogP contribution in [0.15, 0.2) is 33.9 Å². The number of aromatic nitrogens is 6. The normalized spacial score (nSPS) is 15.9. The number of hydrogen-bond acceptors (Lipinski definition) is 8. The predicted octanol–water partition coefficient (Wildman–Crippen LogP) is 0.247. The Morgan fingerprint density at radius 1 is 1.04 bits per heavy atom. The van der Waals surface area contributed by atoms with Crippen LogP contribution in [0, 0.1) is 13.8 Å². The van der Waals surface area contributed by atoms with E-state index in [-0.39, 0.29) is 5.56 Å². The topological polar surface area (TPSA) is 98.1 Å². The fourth-order valence-corrected chi connectivity index (χ4v) is 3.44. The van der Waals surface area contributed by atoms with Crippen LogP contribution in [0.25, 0.3) is 5.82 Å². The van der Waals surface area contributed by atoms with E-state index < -0.39 is 0 Å². The lowest BCUT2D eigenvalue weighted by Crippen LogP contribution is -2.47. The lowest BCUT2D eigenvalue weighted by Gasteiger charge is -2.33. The number of aryl methyl sites for hydroxylation is 2. The van der Waals surface area contributed by atoms with Gasteiger partial charge in [-0.05, 0) is 26.0 Å². The highest BCUT2D eigenvalue weighted by Gasteiger charge is 2.18. The van der Waals surface area contributed by atoms with Gasteiger partial charge >= 0.3 is 0 Å². The summed E-state index contributed by atoms with van der Waals surface area (Å²) in [7, 11) is 0. The van der Waals surface area contributed by atoms with Crippen molar-refractivity contribution in [1.29, 1.82) is 0 Å². The standard InChI is InChI=1S/C18H24N8O2/c1-14-11-15(2)26(20-14)17-3-4-18(27)25(21-17)10-9-23-5-7-24(8-6-23)12-16-19-13-28-22-16/h3-4,11,13H,5-10,12H2,1-2H3. The van der Waals surface area contributed by atoms with Gasteiger partial charge in [-0.1, -0.05) is 5.16 Å². The molecule has 1 aliphatic rings. The van der Waals surface area contributed by atoms with Gasteiger partial charge in [-0.15, -0.1) is 5.10 Å². The maximum atomic E-state index is 12.2. The molecule has 10 nitrogen and oxygen atoms in total. The fourth-order valence-electron chi connectivity index (χ4n) is 3.44. The van der Waals surface area contributed by atoms with Crippen LogP contribution in [0.5, 0.6) is 0 Å². The Morgan fingerprint density at radius 3 is 2.50 bits per heavy atom. The number of nitrogens with zero attached hydrogens (tertiary/aromatic N) is 8. The van der Waals surface area contributed by atoms with E-state index in [1.807, 2.05) is 19.9 Å². The molecule has 0 spiro atoms. The molecule has 148 valence electrons. The molecule has 1 fully saturated rings. The van der Waals surface area contributed by atoms with E-state index >= 15 is 0 Å². The molecule has 0 atom stereocenters.